The van der Waals surface area contributed by atoms with Crippen LogP contribution < -0.4 is 0 Å². The lowest BCUT2D eigenvalue weighted by Gasteiger charge is -2.29. The number of rotatable bonds is 4. The van der Waals surface area contributed by atoms with Crippen LogP contribution in [0.15, 0.2) is 59.7 Å². The summed E-state index contributed by atoms with van der Waals surface area (Å²) in [5.41, 5.74) is 2.84. The molecule has 1 amide bonds. The lowest BCUT2D eigenvalue weighted by molar-refractivity contribution is -0.134. The van der Waals surface area contributed by atoms with E-state index in [4.69, 9.17) is 0 Å². The first-order valence-corrected chi connectivity index (χ1v) is 9.63. The van der Waals surface area contributed by atoms with Crippen LogP contribution in [0.5, 0.6) is 0 Å². The number of hydrazone groups is 1. The Balaban J connectivity index is 1.59. The Hall–Kier alpha value is -2.53. The van der Waals surface area contributed by atoms with E-state index < -0.39 is 0 Å². The molecular weight excluding hydrogens is 341 g/mol. The van der Waals surface area contributed by atoms with Crippen molar-refractivity contribution in [2.24, 2.45) is 5.10 Å². The van der Waals surface area contributed by atoms with Gasteiger partial charge in [-0.1, -0.05) is 48.9 Å². The molecular formula is C22H24FN3O. The lowest BCUT2D eigenvalue weighted by Crippen LogP contribution is -2.40. The number of nitrogens with zero attached hydrogens (tertiary/aromatic N) is 3. The molecule has 4 nitrogen and oxygen atoms in total. The summed E-state index contributed by atoms with van der Waals surface area (Å²) in [7, 11) is 0. The van der Waals surface area contributed by atoms with Gasteiger partial charge in [-0.15, -0.1) is 0 Å². The minimum Gasteiger partial charge on any atom is -0.294 e. The Bertz CT molecular complexity index is 813. The van der Waals surface area contributed by atoms with Crippen LogP contribution in [0.4, 0.5) is 4.39 Å². The van der Waals surface area contributed by atoms with Crippen LogP contribution in [0.25, 0.3) is 0 Å². The Labute approximate surface area is 159 Å². The molecule has 2 aromatic carbocycles. The minimum atomic E-state index is -0.271. The van der Waals surface area contributed by atoms with Crippen LogP contribution in [0, 0.1) is 5.82 Å². The molecule has 0 bridgehead atoms. The summed E-state index contributed by atoms with van der Waals surface area (Å²) >= 11 is 0. The first-order valence-electron chi connectivity index (χ1n) is 9.63. The number of hydrogen-bond acceptors (Lipinski definition) is 3. The van der Waals surface area contributed by atoms with Gasteiger partial charge in [0.25, 0.3) is 5.91 Å². The molecule has 2 aromatic rings. The quantitative estimate of drug-likeness (QED) is 0.821. The number of piperidine rings is 1. The van der Waals surface area contributed by atoms with E-state index in [1.807, 2.05) is 30.3 Å². The fraction of sp³-hybridized carbons (Fsp3) is 0.364. The molecule has 0 radical (unpaired) electrons. The molecule has 2 heterocycles. The number of hydrogen-bond donors (Lipinski definition) is 0. The van der Waals surface area contributed by atoms with E-state index in [-0.39, 0.29) is 17.8 Å². The van der Waals surface area contributed by atoms with Crippen LogP contribution in [0.1, 0.15) is 42.9 Å². The summed E-state index contributed by atoms with van der Waals surface area (Å²) in [4.78, 5) is 15.3. The van der Waals surface area contributed by atoms with E-state index >= 15 is 0 Å². The van der Waals surface area contributed by atoms with Crippen molar-refractivity contribution in [3.63, 3.8) is 0 Å². The van der Waals surface area contributed by atoms with Gasteiger partial charge in [-0.25, -0.2) is 9.40 Å². The topological polar surface area (TPSA) is 35.9 Å². The van der Waals surface area contributed by atoms with Crippen molar-refractivity contribution >= 4 is 11.6 Å². The molecule has 4 rings (SSSR count). The first kappa shape index (κ1) is 17.9. The molecule has 2 aliphatic rings. The van der Waals surface area contributed by atoms with E-state index in [0.29, 0.717) is 13.0 Å². The molecule has 1 fully saturated rings. The van der Waals surface area contributed by atoms with Gasteiger partial charge in [-0.2, -0.15) is 5.10 Å². The van der Waals surface area contributed by atoms with Crippen molar-refractivity contribution in [1.29, 1.82) is 0 Å². The molecule has 0 saturated carbocycles. The highest BCUT2D eigenvalue weighted by Gasteiger charge is 2.33. The smallest absolute Gasteiger partial charge is 0.257 e. The molecule has 0 aromatic heterocycles. The molecule has 0 spiro atoms. The minimum absolute atomic E-state index is 0.0113. The normalized spacial score (nSPS) is 20.6. The first-order chi connectivity index (χ1) is 13.2. The molecule has 2 aliphatic heterocycles. The number of halogens is 1. The third kappa shape index (κ3) is 4.08. The molecule has 0 N–H and O–H groups in total. The molecule has 5 heteroatoms. The van der Waals surface area contributed by atoms with E-state index in [0.717, 1.165) is 42.8 Å². The second-order valence-electron chi connectivity index (χ2n) is 7.26. The van der Waals surface area contributed by atoms with Crippen LogP contribution in [-0.4, -0.2) is 41.2 Å². The standard InChI is InChI=1S/C22H24FN3O/c23-19-11-9-18(10-12-19)21-15-20(17-7-3-1-4-8-17)24-26(21)22(27)16-25-13-5-2-6-14-25/h1,3-4,7-12,21H,2,5-6,13-16H2/t21-/m1/s1. The zero-order valence-electron chi connectivity index (χ0n) is 15.4. The Morgan fingerprint density at radius 1 is 1.00 bits per heavy atom. The monoisotopic (exact) mass is 365 g/mol. The lowest BCUT2D eigenvalue weighted by atomic mass is 9.98. The maximum atomic E-state index is 13.4. The molecule has 0 aliphatic carbocycles. The molecule has 1 saturated heterocycles. The molecule has 27 heavy (non-hydrogen) atoms. The SMILES string of the molecule is O=C(CN1CCCCC1)N1N=C(c2ccccc2)C[C@@H]1c1ccc(F)cc1. The van der Waals surface area contributed by atoms with Crippen molar-refractivity contribution in [3.05, 3.63) is 71.5 Å². The van der Waals surface area contributed by atoms with Crippen molar-refractivity contribution < 1.29 is 9.18 Å². The van der Waals surface area contributed by atoms with Gasteiger partial charge < -0.3 is 0 Å². The van der Waals surface area contributed by atoms with Crippen LogP contribution in [0.2, 0.25) is 0 Å². The van der Waals surface area contributed by atoms with Crippen LogP contribution in [-0.2, 0) is 4.79 Å². The Morgan fingerprint density at radius 3 is 2.41 bits per heavy atom. The van der Waals surface area contributed by atoms with Crippen molar-refractivity contribution in [2.75, 3.05) is 19.6 Å². The highest BCUT2D eigenvalue weighted by molar-refractivity contribution is 6.03. The summed E-state index contributed by atoms with van der Waals surface area (Å²) in [6.07, 6.45) is 4.17. The average molecular weight is 365 g/mol. The van der Waals surface area contributed by atoms with E-state index in [1.165, 1.54) is 18.6 Å². The summed E-state index contributed by atoms with van der Waals surface area (Å²) in [6, 6.07) is 16.2. The zero-order valence-corrected chi connectivity index (χ0v) is 15.4. The Kier molecular flexibility index (Phi) is 5.30. The predicted molar refractivity (Wildman–Crippen MR) is 104 cm³/mol. The van der Waals surface area contributed by atoms with Gasteiger partial charge in [0, 0.05) is 6.42 Å². The van der Waals surface area contributed by atoms with Gasteiger partial charge >= 0.3 is 0 Å². The molecule has 0 unspecified atom stereocenters. The van der Waals surface area contributed by atoms with E-state index in [9.17, 15) is 9.18 Å². The number of carbonyl (C=O) groups excluding carboxylic acids is 1. The highest BCUT2D eigenvalue weighted by Crippen LogP contribution is 2.33. The van der Waals surface area contributed by atoms with Crippen LogP contribution in [0.3, 0.4) is 0 Å². The van der Waals surface area contributed by atoms with Gasteiger partial charge in [0.05, 0.1) is 18.3 Å². The second kappa shape index (κ2) is 8.01. The largest absolute Gasteiger partial charge is 0.294 e. The van der Waals surface area contributed by atoms with Crippen LogP contribution >= 0.6 is 0 Å². The molecule has 1 atom stereocenters. The van der Waals surface area contributed by atoms with E-state index in [2.05, 4.69) is 10.0 Å². The third-order valence-corrected chi connectivity index (χ3v) is 5.34. The number of amides is 1. The van der Waals surface area contributed by atoms with Crippen molar-refractivity contribution in [2.45, 2.75) is 31.7 Å². The van der Waals surface area contributed by atoms with Crippen molar-refractivity contribution in [3.8, 4) is 0 Å². The summed E-state index contributed by atoms with van der Waals surface area (Å²) in [5, 5.41) is 6.30. The summed E-state index contributed by atoms with van der Waals surface area (Å²) in [6.45, 7) is 2.33. The van der Waals surface area contributed by atoms with Gasteiger partial charge in [0.1, 0.15) is 5.82 Å². The van der Waals surface area contributed by atoms with Gasteiger partial charge in [0.2, 0.25) is 0 Å². The average Bonchev–Trinajstić information content (AvgIpc) is 3.16. The van der Waals surface area contributed by atoms with Gasteiger partial charge in [0.15, 0.2) is 0 Å². The maximum absolute atomic E-state index is 13.4. The Morgan fingerprint density at radius 2 is 1.70 bits per heavy atom. The predicted octanol–water partition coefficient (Wildman–Crippen LogP) is 3.99. The maximum Gasteiger partial charge on any atom is 0.257 e. The number of carbonyl (C=O) groups is 1. The third-order valence-electron chi connectivity index (χ3n) is 5.34. The van der Waals surface area contributed by atoms with Crippen molar-refractivity contribution in [1.82, 2.24) is 9.91 Å². The van der Waals surface area contributed by atoms with Gasteiger partial charge in [-0.05, 0) is 49.2 Å². The second-order valence-corrected chi connectivity index (χ2v) is 7.26. The fourth-order valence-electron chi connectivity index (χ4n) is 3.87. The fourth-order valence-corrected chi connectivity index (χ4v) is 3.87. The number of likely N-dealkylation sites (tertiary alicyclic amines) is 1. The summed E-state index contributed by atoms with van der Waals surface area (Å²) < 4.78 is 13.4. The number of benzene rings is 2. The zero-order chi connectivity index (χ0) is 18.6. The summed E-state index contributed by atoms with van der Waals surface area (Å²) in [5.74, 6) is -0.260. The molecule has 140 valence electrons. The van der Waals surface area contributed by atoms with E-state index in [1.54, 1.807) is 17.1 Å². The van der Waals surface area contributed by atoms with Gasteiger partial charge in [-0.3, -0.25) is 9.69 Å². The highest BCUT2D eigenvalue weighted by atomic mass is 19.1.